The molecule has 5 nitrogen and oxygen atoms in total. The Morgan fingerprint density at radius 1 is 1.33 bits per heavy atom. The Labute approximate surface area is 68.1 Å². The maximum absolute atomic E-state index is 10.9. The monoisotopic (exact) mass is 171 g/mol. The van der Waals surface area contributed by atoms with Crippen LogP contribution in [0, 0.1) is 6.92 Å². The van der Waals surface area contributed by atoms with Crippen molar-refractivity contribution >= 4 is 0 Å². The molecule has 0 radical (unpaired) electrons. The number of aliphatic hydroxyl groups is 3. The number of hydrogen-bond donors (Lipinski definition) is 3. The van der Waals surface area contributed by atoms with E-state index < -0.39 is 11.7 Å². The topological polar surface area (TPSA) is 82.7 Å². The maximum atomic E-state index is 10.9. The molecular weight excluding hydrogens is 162 g/mol. The predicted octanol–water partition coefficient (Wildman–Crippen LogP) is -1.30. The molecule has 0 atom stereocenters. The van der Waals surface area contributed by atoms with Gasteiger partial charge in [-0.15, -0.1) is 0 Å². The first-order chi connectivity index (χ1) is 5.41. The molecule has 1 aromatic rings. The fourth-order valence-corrected chi connectivity index (χ4v) is 0.828. The predicted molar refractivity (Wildman–Crippen MR) is 40.1 cm³/mol. The Balaban J connectivity index is 3.33. The minimum Gasteiger partial charge on any atom is -0.325 e. The molecule has 0 fully saturated rings. The second-order valence-electron chi connectivity index (χ2n) is 2.51. The number of pyridine rings is 1. The molecule has 0 bridgehead atoms. The summed E-state index contributed by atoms with van der Waals surface area (Å²) in [6.07, 6.45) is -1.98. The van der Waals surface area contributed by atoms with Gasteiger partial charge in [-0.25, -0.2) is 4.57 Å². The lowest BCUT2D eigenvalue weighted by Crippen LogP contribution is -2.40. The SMILES string of the molecule is Cc1ccc(=O)n(C(O)(O)O)c1. The number of aromatic nitrogens is 1. The highest BCUT2D eigenvalue weighted by Gasteiger charge is 2.21. The van der Waals surface area contributed by atoms with Gasteiger partial charge in [-0.1, -0.05) is 6.07 Å². The lowest BCUT2D eigenvalue weighted by molar-refractivity contribution is -0.376. The Morgan fingerprint density at radius 2 is 1.92 bits per heavy atom. The van der Waals surface area contributed by atoms with Gasteiger partial charge in [0.05, 0.1) is 0 Å². The molecule has 0 unspecified atom stereocenters. The first-order valence-electron chi connectivity index (χ1n) is 3.28. The molecule has 12 heavy (non-hydrogen) atoms. The van der Waals surface area contributed by atoms with E-state index in [9.17, 15) is 4.79 Å². The van der Waals surface area contributed by atoms with Gasteiger partial charge in [0.1, 0.15) is 0 Å². The number of aryl methyl sites for hydroxylation is 1. The zero-order chi connectivity index (χ0) is 9.35. The maximum Gasteiger partial charge on any atom is 0.376 e. The Morgan fingerprint density at radius 3 is 2.33 bits per heavy atom. The zero-order valence-electron chi connectivity index (χ0n) is 6.43. The summed E-state index contributed by atoms with van der Waals surface area (Å²) in [6, 6.07) is 2.64. The first kappa shape index (κ1) is 8.92. The van der Waals surface area contributed by atoms with Crippen LogP contribution in [-0.2, 0) is 6.10 Å². The Bertz CT molecular complexity index is 336. The summed E-state index contributed by atoms with van der Waals surface area (Å²) in [5.41, 5.74) is -0.0516. The van der Waals surface area contributed by atoms with E-state index in [2.05, 4.69) is 0 Å². The molecule has 0 amide bonds. The van der Waals surface area contributed by atoms with Crippen molar-refractivity contribution in [1.29, 1.82) is 0 Å². The van der Waals surface area contributed by atoms with Crippen LogP contribution in [-0.4, -0.2) is 19.9 Å². The molecule has 1 rings (SSSR count). The molecule has 0 aliphatic heterocycles. The molecule has 66 valence electrons. The highest BCUT2D eigenvalue weighted by molar-refractivity contribution is 5.07. The van der Waals surface area contributed by atoms with E-state index in [4.69, 9.17) is 15.3 Å². The Kier molecular flexibility index (Phi) is 2.01. The van der Waals surface area contributed by atoms with Gasteiger partial charge in [0, 0.05) is 12.3 Å². The lowest BCUT2D eigenvalue weighted by Gasteiger charge is -2.16. The van der Waals surface area contributed by atoms with Crippen LogP contribution in [0.3, 0.4) is 0 Å². The third-order valence-electron chi connectivity index (χ3n) is 1.38. The van der Waals surface area contributed by atoms with Gasteiger partial charge in [0.15, 0.2) is 0 Å². The minimum absolute atomic E-state index is 0.419. The molecule has 0 aromatic carbocycles. The summed E-state index contributed by atoms with van der Waals surface area (Å²) in [6.45, 7) is 1.65. The van der Waals surface area contributed by atoms with E-state index in [-0.39, 0.29) is 0 Å². The van der Waals surface area contributed by atoms with Crippen molar-refractivity contribution in [2.24, 2.45) is 0 Å². The summed E-state index contributed by atoms with van der Waals surface area (Å²) in [7, 11) is 0. The fraction of sp³-hybridized carbons (Fsp3) is 0.286. The van der Waals surface area contributed by atoms with Crippen LogP contribution in [0.15, 0.2) is 23.1 Å². The average Bonchev–Trinajstić information content (AvgIpc) is 1.92. The molecule has 0 saturated heterocycles. The molecule has 0 aliphatic rings. The normalized spacial score (nSPS) is 11.7. The van der Waals surface area contributed by atoms with E-state index in [1.54, 1.807) is 6.92 Å². The highest BCUT2D eigenvalue weighted by atomic mass is 16.7. The second kappa shape index (κ2) is 2.71. The number of rotatable bonds is 1. The van der Waals surface area contributed by atoms with Crippen LogP contribution in [0.25, 0.3) is 0 Å². The fourth-order valence-electron chi connectivity index (χ4n) is 0.828. The molecule has 5 heteroatoms. The summed E-state index contributed by atoms with van der Waals surface area (Å²) < 4.78 is 0.419. The van der Waals surface area contributed by atoms with Gasteiger partial charge in [-0.2, -0.15) is 0 Å². The van der Waals surface area contributed by atoms with Crippen LogP contribution in [0.4, 0.5) is 0 Å². The summed E-state index contributed by atoms with van der Waals surface area (Å²) in [5.74, 6) is 0. The van der Waals surface area contributed by atoms with Gasteiger partial charge in [0.25, 0.3) is 5.56 Å². The molecule has 1 heterocycles. The van der Waals surface area contributed by atoms with Crippen LogP contribution in [0.2, 0.25) is 0 Å². The standard InChI is InChI=1S/C7H9NO4/c1-5-2-3-6(9)8(4-5)7(10,11)12/h2-4,10-12H,1H3. The quantitative estimate of drug-likeness (QED) is 0.459. The first-order valence-corrected chi connectivity index (χ1v) is 3.28. The van der Waals surface area contributed by atoms with Gasteiger partial charge >= 0.3 is 6.10 Å². The number of hydrogen-bond acceptors (Lipinski definition) is 4. The van der Waals surface area contributed by atoms with E-state index in [1.807, 2.05) is 0 Å². The van der Waals surface area contributed by atoms with Crippen LogP contribution >= 0.6 is 0 Å². The van der Waals surface area contributed by atoms with E-state index in [0.717, 1.165) is 12.3 Å². The number of nitrogens with zero attached hydrogens (tertiary/aromatic N) is 1. The molecule has 0 aliphatic carbocycles. The smallest absolute Gasteiger partial charge is 0.325 e. The molecule has 0 saturated carbocycles. The molecule has 0 spiro atoms. The van der Waals surface area contributed by atoms with Crippen molar-refractivity contribution in [2.75, 3.05) is 0 Å². The van der Waals surface area contributed by atoms with E-state index >= 15 is 0 Å². The van der Waals surface area contributed by atoms with Crippen molar-refractivity contribution in [1.82, 2.24) is 4.57 Å². The molecule has 1 aromatic heterocycles. The van der Waals surface area contributed by atoms with Crippen molar-refractivity contribution < 1.29 is 15.3 Å². The third-order valence-corrected chi connectivity index (χ3v) is 1.38. The largest absolute Gasteiger partial charge is 0.376 e. The zero-order valence-corrected chi connectivity index (χ0v) is 6.43. The van der Waals surface area contributed by atoms with E-state index in [1.165, 1.54) is 6.07 Å². The highest BCUT2D eigenvalue weighted by Crippen LogP contribution is 2.01. The van der Waals surface area contributed by atoms with Gasteiger partial charge in [0.2, 0.25) is 0 Å². The van der Waals surface area contributed by atoms with Gasteiger partial charge < -0.3 is 15.3 Å². The van der Waals surface area contributed by atoms with Gasteiger partial charge in [-0.3, -0.25) is 4.79 Å². The molecular formula is C7H9NO4. The van der Waals surface area contributed by atoms with Crippen LogP contribution in [0.1, 0.15) is 5.56 Å². The van der Waals surface area contributed by atoms with E-state index in [0.29, 0.717) is 10.1 Å². The molecule has 3 N–H and O–H groups in total. The third kappa shape index (κ3) is 1.70. The van der Waals surface area contributed by atoms with Crippen LogP contribution < -0.4 is 5.56 Å². The van der Waals surface area contributed by atoms with Gasteiger partial charge in [-0.05, 0) is 12.5 Å². The summed E-state index contributed by atoms with van der Waals surface area (Å²) in [4.78, 5) is 10.9. The Hall–Kier alpha value is -1.17. The minimum atomic E-state index is -3.12. The van der Waals surface area contributed by atoms with Crippen molar-refractivity contribution in [3.05, 3.63) is 34.2 Å². The summed E-state index contributed by atoms with van der Waals surface area (Å²) in [5, 5.41) is 26.0. The lowest BCUT2D eigenvalue weighted by atomic mass is 10.3. The summed E-state index contributed by atoms with van der Waals surface area (Å²) >= 11 is 0. The van der Waals surface area contributed by atoms with Crippen molar-refractivity contribution in [3.63, 3.8) is 0 Å². The van der Waals surface area contributed by atoms with Crippen LogP contribution in [0.5, 0.6) is 0 Å². The van der Waals surface area contributed by atoms with Crippen molar-refractivity contribution in [2.45, 2.75) is 13.0 Å². The average molecular weight is 171 g/mol. The van der Waals surface area contributed by atoms with Crippen molar-refractivity contribution in [3.8, 4) is 0 Å². The second-order valence-corrected chi connectivity index (χ2v) is 2.51.